The van der Waals surface area contributed by atoms with Crippen LogP contribution in [0.3, 0.4) is 0 Å². The minimum Gasteiger partial charge on any atom is -0.214 e. The standard InChI is InChI=1S/C8H10.C5H5.Fe/c1-7-5-3-4-6-8(7)2;1-2-4-5-3-1;/h3-6H,1-2H3;1-5H;/q;-1;+2. The van der Waals surface area contributed by atoms with Crippen molar-refractivity contribution in [1.29, 1.82) is 0 Å². The molecule has 0 saturated carbocycles. The van der Waals surface area contributed by atoms with E-state index in [0.29, 0.717) is 0 Å². The predicted octanol–water partition coefficient (Wildman–Crippen LogP) is 3.71. The molecule has 0 saturated heterocycles. The molecular weight excluding hydrogens is 212 g/mol. The van der Waals surface area contributed by atoms with Crippen LogP contribution in [0.2, 0.25) is 0 Å². The predicted molar refractivity (Wildman–Crippen MR) is 58.0 cm³/mol. The molecule has 0 heterocycles. The van der Waals surface area contributed by atoms with E-state index in [2.05, 4.69) is 38.1 Å². The Labute approximate surface area is 96.8 Å². The summed E-state index contributed by atoms with van der Waals surface area (Å²) in [6.45, 7) is 4.24. The van der Waals surface area contributed by atoms with Gasteiger partial charge < -0.3 is 0 Å². The first-order chi connectivity index (χ1) is 6.30. The number of hydrogen-bond donors (Lipinski definition) is 0. The van der Waals surface area contributed by atoms with E-state index in [4.69, 9.17) is 0 Å². The van der Waals surface area contributed by atoms with E-state index in [-0.39, 0.29) is 17.1 Å². The fourth-order valence-corrected chi connectivity index (χ4v) is 0.983. The van der Waals surface area contributed by atoms with Crippen LogP contribution in [0, 0.1) is 13.8 Å². The van der Waals surface area contributed by atoms with Crippen LogP contribution < -0.4 is 0 Å². The molecule has 0 N–H and O–H groups in total. The van der Waals surface area contributed by atoms with Crippen molar-refractivity contribution in [2.24, 2.45) is 0 Å². The quantitative estimate of drug-likeness (QED) is 0.475. The van der Waals surface area contributed by atoms with Crippen LogP contribution in [0.25, 0.3) is 0 Å². The summed E-state index contributed by atoms with van der Waals surface area (Å²) in [5, 5.41) is 0. The van der Waals surface area contributed by atoms with Crippen molar-refractivity contribution >= 4 is 0 Å². The first-order valence-corrected chi connectivity index (χ1v) is 4.49. The maximum Gasteiger partial charge on any atom is 2.00 e. The normalized spacial score (nSPS) is 8.14. The molecule has 2 aromatic carbocycles. The van der Waals surface area contributed by atoms with Crippen LogP contribution in [0.4, 0.5) is 0 Å². The maximum atomic E-state index is 2.12. The second-order valence-electron chi connectivity index (χ2n) is 3.05. The van der Waals surface area contributed by atoms with Gasteiger partial charge in [0.1, 0.15) is 0 Å². The zero-order valence-corrected chi connectivity index (χ0v) is 9.65. The van der Waals surface area contributed by atoms with E-state index in [0.717, 1.165) is 0 Å². The number of hydrogen-bond acceptors (Lipinski definition) is 0. The molecule has 0 aromatic heterocycles. The van der Waals surface area contributed by atoms with Crippen molar-refractivity contribution in [3.05, 3.63) is 65.7 Å². The molecule has 0 nitrogen and oxygen atoms in total. The van der Waals surface area contributed by atoms with Crippen LogP contribution in [0.15, 0.2) is 54.6 Å². The van der Waals surface area contributed by atoms with Gasteiger partial charge in [-0.05, 0) is 25.0 Å². The van der Waals surface area contributed by atoms with Crippen molar-refractivity contribution in [1.82, 2.24) is 0 Å². The Bertz CT molecular complexity index is 285. The summed E-state index contributed by atoms with van der Waals surface area (Å²) in [4.78, 5) is 0. The largest absolute Gasteiger partial charge is 2.00 e. The molecule has 2 rings (SSSR count). The summed E-state index contributed by atoms with van der Waals surface area (Å²) in [6.07, 6.45) is 0. The summed E-state index contributed by atoms with van der Waals surface area (Å²) < 4.78 is 0. The molecule has 0 aliphatic rings. The second-order valence-corrected chi connectivity index (χ2v) is 3.05. The Hall–Kier alpha value is -0.911. The van der Waals surface area contributed by atoms with Crippen LogP contribution in [0.5, 0.6) is 0 Å². The zero-order valence-electron chi connectivity index (χ0n) is 8.55. The van der Waals surface area contributed by atoms with Crippen molar-refractivity contribution < 1.29 is 17.1 Å². The smallest absolute Gasteiger partial charge is 0.214 e. The minimum absolute atomic E-state index is 0. The zero-order chi connectivity index (χ0) is 9.52. The van der Waals surface area contributed by atoms with E-state index in [1.54, 1.807) is 0 Å². The number of rotatable bonds is 0. The minimum atomic E-state index is 0. The molecule has 1 heteroatoms. The molecule has 0 atom stereocenters. The molecule has 0 unspecified atom stereocenters. The first kappa shape index (κ1) is 13.1. The molecule has 0 amide bonds. The molecule has 0 fully saturated rings. The molecule has 0 spiro atoms. The summed E-state index contributed by atoms with van der Waals surface area (Å²) in [7, 11) is 0. The Balaban J connectivity index is 0.000000246. The van der Waals surface area contributed by atoms with Gasteiger partial charge >= 0.3 is 17.1 Å². The summed E-state index contributed by atoms with van der Waals surface area (Å²) >= 11 is 0. The molecule has 0 radical (unpaired) electrons. The van der Waals surface area contributed by atoms with Gasteiger partial charge in [-0.2, -0.15) is 18.2 Å². The van der Waals surface area contributed by atoms with Gasteiger partial charge in [-0.15, -0.1) is 0 Å². The SMILES string of the molecule is Cc1ccccc1C.[Fe+2].c1cc[cH-]c1. The molecule has 0 aliphatic carbocycles. The third-order valence-corrected chi connectivity index (χ3v) is 1.98. The van der Waals surface area contributed by atoms with E-state index in [1.165, 1.54) is 11.1 Å². The summed E-state index contributed by atoms with van der Waals surface area (Å²) in [5.74, 6) is 0. The third-order valence-electron chi connectivity index (χ3n) is 1.98. The fourth-order valence-electron chi connectivity index (χ4n) is 0.983. The van der Waals surface area contributed by atoms with Gasteiger partial charge in [-0.25, -0.2) is 12.1 Å². The molecular formula is C13H15Fe+. The molecule has 2 aromatic rings. The van der Waals surface area contributed by atoms with Gasteiger partial charge in [0.15, 0.2) is 0 Å². The van der Waals surface area contributed by atoms with Crippen LogP contribution >= 0.6 is 0 Å². The van der Waals surface area contributed by atoms with Crippen LogP contribution in [-0.2, 0) is 17.1 Å². The summed E-state index contributed by atoms with van der Waals surface area (Å²) in [5.41, 5.74) is 2.74. The van der Waals surface area contributed by atoms with E-state index >= 15 is 0 Å². The van der Waals surface area contributed by atoms with Crippen molar-refractivity contribution in [3.63, 3.8) is 0 Å². The second kappa shape index (κ2) is 7.49. The van der Waals surface area contributed by atoms with Gasteiger partial charge in [0, 0.05) is 0 Å². The van der Waals surface area contributed by atoms with Gasteiger partial charge in [-0.1, -0.05) is 24.3 Å². The average molecular weight is 227 g/mol. The van der Waals surface area contributed by atoms with Crippen LogP contribution in [0.1, 0.15) is 11.1 Å². The Morgan fingerprint density at radius 3 is 1.43 bits per heavy atom. The molecule has 74 valence electrons. The topological polar surface area (TPSA) is 0 Å². The van der Waals surface area contributed by atoms with Gasteiger partial charge in [0.25, 0.3) is 0 Å². The van der Waals surface area contributed by atoms with Gasteiger partial charge in [0.2, 0.25) is 0 Å². The Morgan fingerprint density at radius 2 is 1.21 bits per heavy atom. The van der Waals surface area contributed by atoms with Crippen molar-refractivity contribution in [2.75, 3.05) is 0 Å². The van der Waals surface area contributed by atoms with Crippen molar-refractivity contribution in [2.45, 2.75) is 13.8 Å². The van der Waals surface area contributed by atoms with E-state index in [1.807, 2.05) is 30.3 Å². The van der Waals surface area contributed by atoms with Gasteiger partial charge in [-0.3, -0.25) is 0 Å². The van der Waals surface area contributed by atoms with E-state index < -0.39 is 0 Å². The van der Waals surface area contributed by atoms with Gasteiger partial charge in [0.05, 0.1) is 0 Å². The molecule has 0 bridgehead atoms. The van der Waals surface area contributed by atoms with Crippen LogP contribution in [-0.4, -0.2) is 0 Å². The monoisotopic (exact) mass is 227 g/mol. The molecule has 14 heavy (non-hydrogen) atoms. The van der Waals surface area contributed by atoms with E-state index in [9.17, 15) is 0 Å². The summed E-state index contributed by atoms with van der Waals surface area (Å²) in [6, 6.07) is 18.4. The van der Waals surface area contributed by atoms with Crippen molar-refractivity contribution in [3.8, 4) is 0 Å². The fraction of sp³-hybridized carbons (Fsp3) is 0.154. The number of benzene rings is 1. The maximum absolute atomic E-state index is 2.12. The Morgan fingerprint density at radius 1 is 0.786 bits per heavy atom. The Kier molecular flexibility index (Phi) is 7.00. The number of aryl methyl sites for hydroxylation is 2. The first-order valence-electron chi connectivity index (χ1n) is 4.49. The third kappa shape index (κ3) is 4.96. The average Bonchev–Trinajstić information content (AvgIpc) is 2.68. The molecule has 0 aliphatic heterocycles.